The van der Waals surface area contributed by atoms with Crippen molar-refractivity contribution in [3.8, 4) is 11.8 Å². The van der Waals surface area contributed by atoms with E-state index in [9.17, 15) is 9.59 Å². The highest BCUT2D eigenvalue weighted by Gasteiger charge is 2.25. The molecule has 0 saturated carbocycles. The minimum Gasteiger partial charge on any atom is -0.481 e. The number of nitrogens with one attached hydrogen (secondary N) is 1. The van der Waals surface area contributed by atoms with Crippen LogP contribution in [0.15, 0.2) is 41.8 Å². The number of ketones is 1. The highest BCUT2D eigenvalue weighted by molar-refractivity contribution is 7.04. The van der Waals surface area contributed by atoms with E-state index in [1.54, 1.807) is 24.3 Å². The number of aromatic nitrogens is 3. The third-order valence-electron chi connectivity index (χ3n) is 3.36. The zero-order valence-corrected chi connectivity index (χ0v) is 14.7. The molecule has 3 aromatic rings. The number of para-hydroxylation sites is 1. The van der Waals surface area contributed by atoms with Gasteiger partial charge in [0.05, 0.1) is 25.8 Å². The first-order valence-corrected chi connectivity index (χ1v) is 8.28. The van der Waals surface area contributed by atoms with E-state index >= 15 is 0 Å². The molecule has 9 heteroatoms. The summed E-state index contributed by atoms with van der Waals surface area (Å²) in [5.41, 5.74) is 0.731. The van der Waals surface area contributed by atoms with Gasteiger partial charge in [-0.25, -0.2) is 0 Å². The van der Waals surface area contributed by atoms with Crippen LogP contribution in [0.2, 0.25) is 0 Å². The highest BCUT2D eigenvalue weighted by atomic mass is 32.1. The highest BCUT2D eigenvalue weighted by Crippen LogP contribution is 2.20. The van der Waals surface area contributed by atoms with Crippen LogP contribution in [0, 0.1) is 0 Å². The van der Waals surface area contributed by atoms with Gasteiger partial charge in [0.15, 0.2) is 0 Å². The van der Waals surface area contributed by atoms with Crippen molar-refractivity contribution in [2.24, 2.45) is 0 Å². The summed E-state index contributed by atoms with van der Waals surface area (Å²) in [6.07, 6.45) is 0. The number of carbonyl (C=O) groups is 2. The first-order valence-electron chi connectivity index (χ1n) is 7.45. The van der Waals surface area contributed by atoms with Gasteiger partial charge in [0, 0.05) is 11.1 Å². The van der Waals surface area contributed by atoms with E-state index in [0.29, 0.717) is 5.69 Å². The summed E-state index contributed by atoms with van der Waals surface area (Å²) in [7, 11) is 2.83. The molecule has 0 saturated heterocycles. The molecule has 2 heterocycles. The second-order valence-electron chi connectivity index (χ2n) is 5.00. The van der Waals surface area contributed by atoms with Gasteiger partial charge in [-0.05, 0) is 23.7 Å². The molecule has 2 aromatic heterocycles. The van der Waals surface area contributed by atoms with Crippen molar-refractivity contribution in [1.29, 1.82) is 0 Å². The molecule has 26 heavy (non-hydrogen) atoms. The number of amides is 1. The van der Waals surface area contributed by atoms with Crippen LogP contribution in [-0.4, -0.2) is 40.3 Å². The first-order chi connectivity index (χ1) is 12.6. The maximum absolute atomic E-state index is 12.7. The van der Waals surface area contributed by atoms with E-state index in [0.717, 1.165) is 11.5 Å². The number of benzene rings is 1. The molecule has 0 fully saturated rings. The number of ether oxygens (including phenoxy) is 2. The third kappa shape index (κ3) is 3.67. The van der Waals surface area contributed by atoms with Crippen LogP contribution in [0.25, 0.3) is 0 Å². The number of rotatable bonds is 6. The van der Waals surface area contributed by atoms with Crippen molar-refractivity contribution in [2.45, 2.75) is 0 Å². The SMILES string of the molecule is COc1cc(OC)nc(C(=O)c2nscc2C(=O)Nc2ccccc2)n1. The van der Waals surface area contributed by atoms with E-state index < -0.39 is 11.7 Å². The maximum Gasteiger partial charge on any atom is 0.258 e. The Morgan fingerprint density at radius 3 is 2.31 bits per heavy atom. The lowest BCUT2D eigenvalue weighted by Crippen LogP contribution is -2.17. The van der Waals surface area contributed by atoms with Crippen molar-refractivity contribution in [3.05, 3.63) is 58.9 Å². The molecular formula is C17H14N4O4S. The van der Waals surface area contributed by atoms with Crippen molar-refractivity contribution < 1.29 is 19.1 Å². The van der Waals surface area contributed by atoms with Gasteiger partial charge in [0.1, 0.15) is 5.69 Å². The summed E-state index contributed by atoms with van der Waals surface area (Å²) in [4.78, 5) is 33.3. The molecule has 0 bridgehead atoms. The Morgan fingerprint density at radius 2 is 1.69 bits per heavy atom. The first kappa shape index (κ1) is 17.5. The zero-order chi connectivity index (χ0) is 18.5. The molecular weight excluding hydrogens is 356 g/mol. The number of methoxy groups -OCH3 is 2. The van der Waals surface area contributed by atoms with Gasteiger partial charge in [-0.1, -0.05) is 18.2 Å². The lowest BCUT2D eigenvalue weighted by molar-refractivity contribution is 0.0989. The van der Waals surface area contributed by atoms with Gasteiger partial charge in [0.25, 0.3) is 11.7 Å². The summed E-state index contributed by atoms with van der Waals surface area (Å²) >= 11 is 0.998. The van der Waals surface area contributed by atoms with Gasteiger partial charge in [-0.2, -0.15) is 14.3 Å². The Bertz CT molecular complexity index is 921. The van der Waals surface area contributed by atoms with E-state index in [4.69, 9.17) is 9.47 Å². The molecule has 0 aliphatic heterocycles. The molecule has 1 N–H and O–H groups in total. The van der Waals surface area contributed by atoms with Gasteiger partial charge in [0.2, 0.25) is 17.6 Å². The summed E-state index contributed by atoms with van der Waals surface area (Å²) in [5.74, 6) is -0.859. The van der Waals surface area contributed by atoms with E-state index in [-0.39, 0.29) is 28.8 Å². The Kier molecular flexibility index (Phi) is 5.18. The van der Waals surface area contributed by atoms with E-state index in [1.807, 2.05) is 6.07 Å². The van der Waals surface area contributed by atoms with Crippen LogP contribution in [0.5, 0.6) is 11.8 Å². The van der Waals surface area contributed by atoms with Crippen LogP contribution < -0.4 is 14.8 Å². The van der Waals surface area contributed by atoms with Crippen molar-refractivity contribution in [3.63, 3.8) is 0 Å². The Morgan fingerprint density at radius 1 is 1.04 bits per heavy atom. The number of carbonyl (C=O) groups excluding carboxylic acids is 2. The minimum atomic E-state index is -0.596. The standard InChI is InChI=1S/C17H14N4O4S/c1-24-12-8-13(25-2)20-16(19-12)15(22)14-11(9-26-21-14)17(23)18-10-6-4-3-5-7-10/h3-9H,1-2H3,(H,18,23). The lowest BCUT2D eigenvalue weighted by atomic mass is 10.1. The lowest BCUT2D eigenvalue weighted by Gasteiger charge is -2.06. The zero-order valence-electron chi connectivity index (χ0n) is 13.9. The Labute approximate surface area is 153 Å². The molecule has 1 aromatic carbocycles. The normalized spacial score (nSPS) is 10.2. The molecule has 0 spiro atoms. The summed E-state index contributed by atoms with van der Waals surface area (Å²) < 4.78 is 14.1. The summed E-state index contributed by atoms with van der Waals surface area (Å²) in [5, 5.41) is 4.22. The smallest absolute Gasteiger partial charge is 0.258 e. The molecule has 8 nitrogen and oxygen atoms in total. The average Bonchev–Trinajstić information content (AvgIpc) is 3.17. The van der Waals surface area contributed by atoms with Crippen molar-refractivity contribution in [1.82, 2.24) is 14.3 Å². The third-order valence-corrected chi connectivity index (χ3v) is 3.99. The molecule has 0 aliphatic rings. The predicted octanol–water partition coefficient (Wildman–Crippen LogP) is 2.43. The van der Waals surface area contributed by atoms with Crippen LogP contribution in [-0.2, 0) is 0 Å². The molecule has 3 rings (SSSR count). The fourth-order valence-electron chi connectivity index (χ4n) is 2.10. The second-order valence-corrected chi connectivity index (χ2v) is 5.63. The van der Waals surface area contributed by atoms with Gasteiger partial charge >= 0.3 is 0 Å². The fourth-order valence-corrected chi connectivity index (χ4v) is 2.77. The molecule has 0 aliphatic carbocycles. The molecule has 0 unspecified atom stereocenters. The van der Waals surface area contributed by atoms with E-state index in [1.165, 1.54) is 25.7 Å². The van der Waals surface area contributed by atoms with Gasteiger partial charge in [-0.3, -0.25) is 9.59 Å². The predicted molar refractivity (Wildman–Crippen MR) is 95.1 cm³/mol. The van der Waals surface area contributed by atoms with Crippen LogP contribution >= 0.6 is 11.5 Å². The van der Waals surface area contributed by atoms with Crippen LogP contribution in [0.1, 0.15) is 26.7 Å². The molecule has 0 atom stereocenters. The quantitative estimate of drug-likeness (QED) is 0.665. The monoisotopic (exact) mass is 370 g/mol. The van der Waals surface area contributed by atoms with Crippen LogP contribution in [0.3, 0.4) is 0 Å². The average molecular weight is 370 g/mol. The Balaban J connectivity index is 1.90. The molecule has 1 amide bonds. The number of anilines is 1. The maximum atomic E-state index is 12.7. The summed E-state index contributed by atoms with van der Waals surface area (Å²) in [6.45, 7) is 0. The minimum absolute atomic E-state index is 0.0289. The number of nitrogens with zero attached hydrogens (tertiary/aromatic N) is 3. The van der Waals surface area contributed by atoms with Crippen LogP contribution in [0.4, 0.5) is 5.69 Å². The largest absolute Gasteiger partial charge is 0.481 e. The Hall–Kier alpha value is -3.33. The molecule has 132 valence electrons. The van der Waals surface area contributed by atoms with Crippen molar-refractivity contribution >= 4 is 28.9 Å². The fraction of sp³-hybridized carbons (Fsp3) is 0.118. The topological polar surface area (TPSA) is 103 Å². The number of hydrogen-bond acceptors (Lipinski definition) is 8. The summed E-state index contributed by atoms with van der Waals surface area (Å²) in [6, 6.07) is 10.4. The molecule has 0 radical (unpaired) electrons. The van der Waals surface area contributed by atoms with Crippen molar-refractivity contribution in [2.75, 3.05) is 19.5 Å². The van der Waals surface area contributed by atoms with Gasteiger partial charge in [-0.15, -0.1) is 0 Å². The second kappa shape index (κ2) is 7.70. The number of hydrogen-bond donors (Lipinski definition) is 1. The van der Waals surface area contributed by atoms with Gasteiger partial charge < -0.3 is 14.8 Å². The van der Waals surface area contributed by atoms with E-state index in [2.05, 4.69) is 19.7 Å².